The van der Waals surface area contributed by atoms with E-state index < -0.39 is 37.5 Å². The Morgan fingerprint density at radius 2 is 1.38 bits per heavy atom. The van der Waals surface area contributed by atoms with Crippen molar-refractivity contribution in [3.8, 4) is 11.5 Å². The fourth-order valence-electron chi connectivity index (χ4n) is 3.26. The van der Waals surface area contributed by atoms with Gasteiger partial charge in [0.25, 0.3) is 10.1 Å². The topological polar surface area (TPSA) is 94.8 Å². The van der Waals surface area contributed by atoms with Crippen LogP contribution in [-0.4, -0.2) is 23.2 Å². The van der Waals surface area contributed by atoms with E-state index in [-0.39, 0.29) is 25.7 Å². The summed E-state index contributed by atoms with van der Waals surface area (Å²) in [5.41, 5.74) is -1.04. The van der Waals surface area contributed by atoms with Gasteiger partial charge in [0.2, 0.25) is 0 Å². The zero-order valence-corrected chi connectivity index (χ0v) is 18.1. The van der Waals surface area contributed by atoms with E-state index >= 15 is 0 Å². The van der Waals surface area contributed by atoms with Crippen molar-refractivity contribution >= 4 is 56.5 Å². The van der Waals surface area contributed by atoms with Gasteiger partial charge in [0.15, 0.2) is 4.75 Å². The molecule has 3 aromatic carbocycles. The van der Waals surface area contributed by atoms with Gasteiger partial charge >= 0.3 is 0 Å². The van der Waals surface area contributed by atoms with Gasteiger partial charge in [-0.3, -0.25) is 4.55 Å². The molecule has 10 heteroatoms. The van der Waals surface area contributed by atoms with E-state index in [1.54, 1.807) is 0 Å². The lowest BCUT2D eigenvalue weighted by molar-refractivity contribution is 0.428. The lowest BCUT2D eigenvalue weighted by Crippen LogP contribution is -2.39. The van der Waals surface area contributed by atoms with Crippen molar-refractivity contribution < 1.29 is 23.2 Å². The zero-order chi connectivity index (χ0) is 21.6. The van der Waals surface area contributed by atoms with Crippen molar-refractivity contribution in [2.24, 2.45) is 0 Å². The molecule has 0 aliphatic heterocycles. The standard InChI is InChI=1S/C19H12Cl4O5S/c20-10-8-12(18(25)15(23)9-10)19(29(26,27)28,11-4-1-2-5-13(11)21)17-14(22)6-3-7-16(17)24/h1-9,24-25H,(H,26,27,28). The van der Waals surface area contributed by atoms with Crippen molar-refractivity contribution in [2.75, 3.05) is 0 Å². The first-order valence-corrected chi connectivity index (χ1v) is 10.9. The third-order valence-corrected chi connectivity index (χ3v) is 6.96. The summed E-state index contributed by atoms with van der Waals surface area (Å²) in [7, 11) is -5.22. The molecule has 0 saturated carbocycles. The first kappa shape index (κ1) is 22.0. The van der Waals surface area contributed by atoms with Crippen LogP contribution in [0.15, 0.2) is 54.6 Å². The molecule has 0 heterocycles. The monoisotopic (exact) mass is 492 g/mol. The van der Waals surface area contributed by atoms with Gasteiger partial charge in [-0.2, -0.15) is 8.42 Å². The second kappa shape index (κ2) is 7.87. The van der Waals surface area contributed by atoms with E-state index in [2.05, 4.69) is 0 Å². The van der Waals surface area contributed by atoms with Crippen LogP contribution in [0, 0.1) is 0 Å². The molecule has 1 atom stereocenters. The summed E-state index contributed by atoms with van der Waals surface area (Å²) in [6.07, 6.45) is 0. The maximum Gasteiger partial charge on any atom is 0.283 e. The maximum absolute atomic E-state index is 13.0. The summed E-state index contributed by atoms with van der Waals surface area (Å²) < 4.78 is 33.9. The number of phenolic OH excluding ortho intramolecular Hbond substituents is 2. The van der Waals surface area contributed by atoms with Gasteiger partial charge < -0.3 is 10.2 Å². The number of aromatic hydroxyl groups is 2. The summed E-state index contributed by atoms with van der Waals surface area (Å²) in [5.74, 6) is -1.25. The predicted octanol–water partition coefficient (Wildman–Crippen LogP) is 5.89. The first-order chi connectivity index (χ1) is 13.5. The Morgan fingerprint density at radius 1 is 0.759 bits per heavy atom. The Hall–Kier alpha value is -1.67. The summed E-state index contributed by atoms with van der Waals surface area (Å²) in [6.45, 7) is 0. The molecule has 29 heavy (non-hydrogen) atoms. The highest BCUT2D eigenvalue weighted by atomic mass is 35.5. The van der Waals surface area contributed by atoms with Crippen molar-refractivity contribution in [2.45, 2.75) is 4.75 Å². The Bertz CT molecular complexity index is 1190. The van der Waals surface area contributed by atoms with Crippen LogP contribution in [0.1, 0.15) is 16.7 Å². The molecule has 0 aromatic heterocycles. The second-order valence-electron chi connectivity index (χ2n) is 6.05. The predicted molar refractivity (Wildman–Crippen MR) is 114 cm³/mol. The minimum absolute atomic E-state index is 0.0329. The highest BCUT2D eigenvalue weighted by Gasteiger charge is 2.54. The highest BCUT2D eigenvalue weighted by molar-refractivity contribution is 7.87. The Kier molecular flexibility index (Phi) is 5.98. The molecule has 0 aliphatic carbocycles. The summed E-state index contributed by atoms with van der Waals surface area (Å²) in [4.78, 5) is 0. The molecule has 0 fully saturated rings. The Labute approximate surface area is 186 Å². The minimum Gasteiger partial charge on any atom is -0.508 e. The maximum atomic E-state index is 13.0. The van der Waals surface area contributed by atoms with E-state index in [1.807, 2.05) is 0 Å². The molecule has 3 N–H and O–H groups in total. The van der Waals surface area contributed by atoms with E-state index in [9.17, 15) is 23.2 Å². The van der Waals surface area contributed by atoms with Crippen LogP contribution in [0.4, 0.5) is 0 Å². The van der Waals surface area contributed by atoms with Crippen LogP contribution in [0.3, 0.4) is 0 Å². The number of halogens is 4. The molecule has 0 bridgehead atoms. The third kappa shape index (κ3) is 3.54. The van der Waals surface area contributed by atoms with Crippen LogP contribution in [0.25, 0.3) is 0 Å². The van der Waals surface area contributed by atoms with Gasteiger partial charge in [-0.25, -0.2) is 0 Å². The van der Waals surface area contributed by atoms with Crippen molar-refractivity contribution in [1.29, 1.82) is 0 Å². The highest BCUT2D eigenvalue weighted by Crippen LogP contribution is 2.54. The fraction of sp³-hybridized carbons (Fsp3) is 0.0526. The molecule has 5 nitrogen and oxygen atoms in total. The number of hydrogen-bond acceptors (Lipinski definition) is 4. The molecule has 0 aliphatic rings. The molecule has 3 rings (SSSR count). The second-order valence-corrected chi connectivity index (χ2v) is 9.27. The molecule has 3 aromatic rings. The summed E-state index contributed by atoms with van der Waals surface area (Å²) in [5, 5.41) is 20.7. The number of phenols is 2. The van der Waals surface area contributed by atoms with Crippen molar-refractivity contribution in [1.82, 2.24) is 0 Å². The van der Waals surface area contributed by atoms with Gasteiger partial charge in [-0.05, 0) is 30.3 Å². The number of rotatable bonds is 4. The average molecular weight is 494 g/mol. The van der Waals surface area contributed by atoms with E-state index in [0.717, 1.165) is 6.07 Å². The molecule has 0 radical (unpaired) electrons. The van der Waals surface area contributed by atoms with E-state index in [1.165, 1.54) is 48.5 Å². The number of hydrogen-bond donors (Lipinski definition) is 3. The fourth-order valence-corrected chi connectivity index (χ4v) is 5.82. The van der Waals surface area contributed by atoms with Gasteiger partial charge in [0, 0.05) is 31.8 Å². The van der Waals surface area contributed by atoms with Crippen molar-refractivity contribution in [3.63, 3.8) is 0 Å². The third-order valence-electron chi connectivity index (χ3n) is 4.39. The van der Waals surface area contributed by atoms with Gasteiger partial charge in [0.05, 0.1) is 5.02 Å². The van der Waals surface area contributed by atoms with Crippen LogP contribution >= 0.6 is 46.4 Å². The molecule has 152 valence electrons. The molecule has 0 amide bonds. The van der Waals surface area contributed by atoms with Gasteiger partial charge in [0.1, 0.15) is 11.5 Å². The van der Waals surface area contributed by atoms with Gasteiger partial charge in [-0.1, -0.05) is 70.7 Å². The largest absolute Gasteiger partial charge is 0.508 e. The van der Waals surface area contributed by atoms with Crippen LogP contribution in [-0.2, 0) is 14.9 Å². The quantitative estimate of drug-likeness (QED) is 0.311. The van der Waals surface area contributed by atoms with Gasteiger partial charge in [-0.15, -0.1) is 0 Å². The van der Waals surface area contributed by atoms with E-state index in [4.69, 9.17) is 46.4 Å². The Morgan fingerprint density at radius 3 is 1.97 bits per heavy atom. The SMILES string of the molecule is O=S(=O)(O)C(c1ccccc1Cl)(c1cc(Cl)cc(Cl)c1O)c1c(O)cccc1Cl. The van der Waals surface area contributed by atoms with Crippen LogP contribution in [0.2, 0.25) is 20.1 Å². The Balaban J connectivity index is 2.71. The molecule has 0 spiro atoms. The molecular formula is C19H12Cl4O5S. The average Bonchev–Trinajstić information content (AvgIpc) is 2.61. The molecule has 1 unspecified atom stereocenters. The lowest BCUT2D eigenvalue weighted by Gasteiger charge is -2.34. The first-order valence-electron chi connectivity index (χ1n) is 7.90. The van der Waals surface area contributed by atoms with E-state index in [0.29, 0.717) is 0 Å². The minimum atomic E-state index is -5.22. The summed E-state index contributed by atoms with van der Waals surface area (Å²) >= 11 is 24.7. The summed E-state index contributed by atoms with van der Waals surface area (Å²) in [6, 6.07) is 11.9. The molecule has 0 saturated heterocycles. The zero-order valence-electron chi connectivity index (χ0n) is 14.3. The van der Waals surface area contributed by atoms with Crippen LogP contribution < -0.4 is 0 Å². The lowest BCUT2D eigenvalue weighted by atomic mass is 9.82. The normalized spacial score (nSPS) is 13.8. The van der Waals surface area contributed by atoms with Crippen LogP contribution in [0.5, 0.6) is 11.5 Å². The molecular weight excluding hydrogens is 482 g/mol. The smallest absolute Gasteiger partial charge is 0.283 e. The number of benzene rings is 3. The van der Waals surface area contributed by atoms with Crippen molar-refractivity contribution in [3.05, 3.63) is 91.4 Å².